The Balaban J connectivity index is 1.39. The van der Waals surface area contributed by atoms with Crippen LogP contribution in [0, 0.1) is 24.6 Å². The summed E-state index contributed by atoms with van der Waals surface area (Å²) in [6.07, 6.45) is 4.51. The molecule has 5 rings (SSSR count). The molecule has 2 heterocycles. The fourth-order valence-corrected chi connectivity index (χ4v) is 5.01. The molecule has 162 valence electrons. The fraction of sp³-hybridized carbons (Fsp3) is 0.435. The minimum atomic E-state index is -0.866. The maximum Gasteiger partial charge on any atom is 0.229 e. The van der Waals surface area contributed by atoms with E-state index >= 15 is 0 Å². The van der Waals surface area contributed by atoms with Crippen molar-refractivity contribution in [3.05, 3.63) is 42.0 Å². The smallest absolute Gasteiger partial charge is 0.229 e. The molecule has 4 atom stereocenters. The lowest BCUT2D eigenvalue weighted by atomic mass is 9.83. The number of halogens is 2. The van der Waals surface area contributed by atoms with Crippen molar-refractivity contribution in [3.63, 3.8) is 0 Å². The normalized spacial score (nSPS) is 25.0. The third kappa shape index (κ3) is 3.54. The van der Waals surface area contributed by atoms with Gasteiger partial charge in [0.05, 0.1) is 23.5 Å². The summed E-state index contributed by atoms with van der Waals surface area (Å²) in [5, 5.41) is 18.9. The highest BCUT2D eigenvalue weighted by atomic mass is 19.1. The number of anilines is 1. The summed E-state index contributed by atoms with van der Waals surface area (Å²) in [7, 11) is 1.84. The Hall–Kier alpha value is -3.03. The molecule has 0 radical (unpaired) electrons. The molecule has 2 aliphatic rings. The molecule has 2 aromatic heterocycles. The van der Waals surface area contributed by atoms with Gasteiger partial charge in [0.2, 0.25) is 5.89 Å². The van der Waals surface area contributed by atoms with Crippen molar-refractivity contribution >= 4 is 5.82 Å². The SMILES string of the molecule is Cc1cnc(-c2cc(O)c(-c3ccc(N(C)[C@@H]4C[C@H]5CC[C@H](C5)[C@@H]4F)nn3)cc2F)o1. The van der Waals surface area contributed by atoms with E-state index in [1.54, 1.807) is 19.1 Å². The van der Waals surface area contributed by atoms with Crippen LogP contribution in [0.2, 0.25) is 0 Å². The molecule has 1 aromatic carbocycles. The first kappa shape index (κ1) is 19.9. The minimum absolute atomic E-state index is 0.0691. The molecular formula is C23H24F2N4O2. The van der Waals surface area contributed by atoms with Gasteiger partial charge >= 0.3 is 0 Å². The molecule has 3 aromatic rings. The zero-order valence-electron chi connectivity index (χ0n) is 17.4. The number of benzene rings is 1. The molecule has 0 aliphatic heterocycles. The molecule has 0 unspecified atom stereocenters. The van der Waals surface area contributed by atoms with Gasteiger partial charge < -0.3 is 14.4 Å². The van der Waals surface area contributed by atoms with Crippen LogP contribution in [0.4, 0.5) is 14.6 Å². The summed E-state index contributed by atoms with van der Waals surface area (Å²) in [4.78, 5) is 5.87. The highest BCUT2D eigenvalue weighted by molar-refractivity contribution is 5.72. The average molecular weight is 426 g/mol. The van der Waals surface area contributed by atoms with Gasteiger partial charge in [0, 0.05) is 12.6 Å². The second-order valence-electron chi connectivity index (χ2n) is 8.70. The first-order valence-electron chi connectivity index (χ1n) is 10.6. The first-order valence-corrected chi connectivity index (χ1v) is 10.6. The molecule has 0 amide bonds. The number of fused-ring (bicyclic) bond motifs is 2. The van der Waals surface area contributed by atoms with Gasteiger partial charge in [-0.05, 0) is 68.7 Å². The van der Waals surface area contributed by atoms with Gasteiger partial charge in [0.15, 0.2) is 5.82 Å². The Morgan fingerprint density at radius 3 is 2.68 bits per heavy atom. The third-order valence-electron chi connectivity index (χ3n) is 6.70. The maximum absolute atomic E-state index is 14.9. The number of aryl methyl sites for hydroxylation is 1. The van der Waals surface area contributed by atoms with Crippen LogP contribution >= 0.6 is 0 Å². The molecule has 1 N–H and O–H groups in total. The van der Waals surface area contributed by atoms with Crippen LogP contribution < -0.4 is 4.90 Å². The van der Waals surface area contributed by atoms with E-state index in [4.69, 9.17) is 4.42 Å². The Morgan fingerprint density at radius 1 is 1.13 bits per heavy atom. The van der Waals surface area contributed by atoms with Crippen LogP contribution in [0.25, 0.3) is 22.7 Å². The Bertz CT molecular complexity index is 1100. The molecular weight excluding hydrogens is 402 g/mol. The van der Waals surface area contributed by atoms with Crippen LogP contribution in [-0.4, -0.2) is 39.5 Å². The zero-order chi connectivity index (χ0) is 21.7. The number of aromatic hydroxyl groups is 1. The summed E-state index contributed by atoms with van der Waals surface area (Å²) in [6, 6.07) is 5.64. The first-order chi connectivity index (χ1) is 14.9. The van der Waals surface area contributed by atoms with Crippen LogP contribution in [0.3, 0.4) is 0 Å². The number of hydrogen-bond donors (Lipinski definition) is 1. The number of oxazole rings is 1. The Morgan fingerprint density at radius 2 is 1.97 bits per heavy atom. The lowest BCUT2D eigenvalue weighted by Gasteiger charge is -2.38. The van der Waals surface area contributed by atoms with E-state index in [9.17, 15) is 13.9 Å². The Labute approximate surface area is 178 Å². The molecule has 2 saturated carbocycles. The van der Waals surface area contributed by atoms with E-state index < -0.39 is 12.0 Å². The van der Waals surface area contributed by atoms with Crippen LogP contribution in [-0.2, 0) is 0 Å². The monoisotopic (exact) mass is 426 g/mol. The number of hydrogen-bond acceptors (Lipinski definition) is 6. The van der Waals surface area contributed by atoms with E-state index in [-0.39, 0.29) is 34.7 Å². The van der Waals surface area contributed by atoms with Crippen molar-refractivity contribution < 1.29 is 18.3 Å². The van der Waals surface area contributed by atoms with Crippen molar-refractivity contribution in [1.29, 1.82) is 0 Å². The van der Waals surface area contributed by atoms with Crippen molar-refractivity contribution in [3.8, 4) is 28.5 Å². The molecule has 6 nitrogen and oxygen atoms in total. The number of phenols is 1. The van der Waals surface area contributed by atoms with E-state index in [0.29, 0.717) is 23.2 Å². The van der Waals surface area contributed by atoms with Crippen molar-refractivity contribution in [2.45, 2.75) is 44.8 Å². The predicted molar refractivity (Wildman–Crippen MR) is 112 cm³/mol. The van der Waals surface area contributed by atoms with Crippen molar-refractivity contribution in [1.82, 2.24) is 15.2 Å². The standard InChI is InChI=1S/C23H24F2N4O2/c1-12-11-26-23(31-12)15-10-20(30)16(9-17(15)24)18-5-6-21(28-27-18)29(2)19-8-13-3-4-14(7-13)22(19)25/h5-6,9-11,13-14,19,22,30H,3-4,7-8H2,1-2H3/t13-,14+,19+,22-/m0/s1. The summed E-state index contributed by atoms with van der Waals surface area (Å²) in [5.41, 5.74) is 0.606. The summed E-state index contributed by atoms with van der Waals surface area (Å²) < 4.78 is 34.9. The second kappa shape index (κ2) is 7.59. The number of alkyl halides is 1. The highest BCUT2D eigenvalue weighted by Gasteiger charge is 2.44. The summed E-state index contributed by atoms with van der Waals surface area (Å²) >= 11 is 0. The van der Waals surface area contributed by atoms with Gasteiger partial charge in [0.1, 0.15) is 23.5 Å². The molecule has 31 heavy (non-hydrogen) atoms. The van der Waals surface area contributed by atoms with Gasteiger partial charge in [0.25, 0.3) is 0 Å². The van der Waals surface area contributed by atoms with Gasteiger partial charge in [-0.2, -0.15) is 0 Å². The van der Waals surface area contributed by atoms with E-state index in [1.165, 1.54) is 18.3 Å². The van der Waals surface area contributed by atoms with Gasteiger partial charge in [-0.1, -0.05) is 0 Å². The van der Waals surface area contributed by atoms with Crippen molar-refractivity contribution in [2.75, 3.05) is 11.9 Å². The molecule has 0 spiro atoms. The molecule has 8 heteroatoms. The lowest BCUT2D eigenvalue weighted by molar-refractivity contribution is 0.144. The van der Waals surface area contributed by atoms with E-state index in [2.05, 4.69) is 15.2 Å². The predicted octanol–water partition coefficient (Wildman–Crippen LogP) is 4.91. The zero-order valence-corrected chi connectivity index (χ0v) is 17.4. The number of aromatic nitrogens is 3. The van der Waals surface area contributed by atoms with Gasteiger partial charge in [-0.3, -0.25) is 0 Å². The third-order valence-corrected chi connectivity index (χ3v) is 6.70. The molecule has 2 fully saturated rings. The highest BCUT2D eigenvalue weighted by Crippen LogP contribution is 2.45. The van der Waals surface area contributed by atoms with Crippen molar-refractivity contribution in [2.24, 2.45) is 11.8 Å². The summed E-state index contributed by atoms with van der Waals surface area (Å²) in [5.74, 6) is 1.19. The number of phenolic OH excluding ortho intramolecular Hbond substituents is 1. The van der Waals surface area contributed by atoms with E-state index in [1.807, 2.05) is 11.9 Å². The molecule has 0 saturated heterocycles. The van der Waals surface area contributed by atoms with Gasteiger partial charge in [-0.15, -0.1) is 10.2 Å². The van der Waals surface area contributed by atoms with Gasteiger partial charge in [-0.25, -0.2) is 13.8 Å². The lowest BCUT2D eigenvalue weighted by Crippen LogP contribution is -2.46. The van der Waals surface area contributed by atoms with Crippen LogP contribution in [0.5, 0.6) is 5.75 Å². The second-order valence-corrected chi connectivity index (χ2v) is 8.70. The summed E-state index contributed by atoms with van der Waals surface area (Å²) in [6.45, 7) is 1.71. The quantitative estimate of drug-likeness (QED) is 0.639. The average Bonchev–Trinajstić information content (AvgIpc) is 3.38. The number of nitrogens with zero attached hydrogens (tertiary/aromatic N) is 4. The van der Waals surface area contributed by atoms with E-state index in [0.717, 1.165) is 25.7 Å². The van der Waals surface area contributed by atoms with Crippen LogP contribution in [0.1, 0.15) is 31.4 Å². The fourth-order valence-electron chi connectivity index (χ4n) is 5.01. The minimum Gasteiger partial charge on any atom is -0.507 e. The molecule has 2 bridgehead atoms. The van der Waals surface area contributed by atoms with Crippen LogP contribution in [0.15, 0.2) is 34.9 Å². The maximum atomic E-state index is 14.9. The topological polar surface area (TPSA) is 75.3 Å². The largest absolute Gasteiger partial charge is 0.507 e. The molecule has 2 aliphatic carbocycles. The Kier molecular flexibility index (Phi) is 4.87. The number of rotatable bonds is 4.